The fraction of sp³-hybridized carbons (Fsp3) is 0.467. The van der Waals surface area contributed by atoms with Gasteiger partial charge in [-0.05, 0) is 38.5 Å². The lowest BCUT2D eigenvalue weighted by Crippen LogP contribution is -2.40. The zero-order chi connectivity index (χ0) is 17.0. The smallest absolute Gasteiger partial charge is 0.408 e. The summed E-state index contributed by atoms with van der Waals surface area (Å²) in [6.45, 7) is 6.15. The first kappa shape index (κ1) is 16.7. The van der Waals surface area contributed by atoms with Crippen molar-refractivity contribution in [2.75, 3.05) is 13.2 Å². The Bertz CT molecular complexity index is 610. The van der Waals surface area contributed by atoms with Crippen LogP contribution >= 0.6 is 0 Å². The second-order valence-corrected chi connectivity index (χ2v) is 6.01. The molecule has 2 rings (SSSR count). The Balaban J connectivity index is 2.23. The number of hydrogen-bond donors (Lipinski definition) is 3. The molecular formula is C15H21N3O5. The summed E-state index contributed by atoms with van der Waals surface area (Å²) in [7, 11) is 0. The van der Waals surface area contributed by atoms with Gasteiger partial charge in [0, 0.05) is 0 Å². The fourth-order valence-corrected chi connectivity index (χ4v) is 2.05. The van der Waals surface area contributed by atoms with E-state index in [9.17, 15) is 4.79 Å². The summed E-state index contributed by atoms with van der Waals surface area (Å²) < 4.78 is 16.1. The minimum Gasteiger partial charge on any atom is -0.486 e. The second kappa shape index (κ2) is 6.64. The van der Waals surface area contributed by atoms with Gasteiger partial charge in [-0.15, -0.1) is 0 Å². The molecule has 1 aromatic rings. The molecule has 4 N–H and O–H groups in total. The van der Waals surface area contributed by atoms with Gasteiger partial charge in [-0.25, -0.2) is 4.79 Å². The Kier molecular flexibility index (Phi) is 4.83. The lowest BCUT2D eigenvalue weighted by molar-refractivity contribution is 0.0516. The van der Waals surface area contributed by atoms with Crippen molar-refractivity contribution >= 4 is 11.9 Å². The molecule has 23 heavy (non-hydrogen) atoms. The van der Waals surface area contributed by atoms with Crippen LogP contribution in [0.15, 0.2) is 23.4 Å². The van der Waals surface area contributed by atoms with E-state index in [1.807, 2.05) is 0 Å². The van der Waals surface area contributed by atoms with Gasteiger partial charge in [-0.3, -0.25) is 0 Å². The van der Waals surface area contributed by atoms with E-state index in [0.29, 0.717) is 30.3 Å². The number of rotatable bonds is 3. The Morgan fingerprint density at radius 1 is 1.35 bits per heavy atom. The molecule has 1 aromatic carbocycles. The molecule has 0 bridgehead atoms. The van der Waals surface area contributed by atoms with E-state index in [1.54, 1.807) is 39.0 Å². The first-order valence-electron chi connectivity index (χ1n) is 7.16. The summed E-state index contributed by atoms with van der Waals surface area (Å²) in [5.41, 5.74) is 5.61. The number of nitrogens with one attached hydrogen (secondary N) is 1. The van der Waals surface area contributed by atoms with Crippen LogP contribution in [-0.4, -0.2) is 36.0 Å². The Morgan fingerprint density at radius 2 is 2.00 bits per heavy atom. The van der Waals surface area contributed by atoms with E-state index in [4.69, 9.17) is 25.2 Å². The summed E-state index contributed by atoms with van der Waals surface area (Å²) >= 11 is 0. The topological polar surface area (TPSA) is 115 Å². The number of ether oxygens (including phenoxy) is 3. The van der Waals surface area contributed by atoms with Gasteiger partial charge < -0.3 is 30.5 Å². The molecule has 1 atom stereocenters. The molecule has 1 aliphatic heterocycles. The number of amidine groups is 1. The van der Waals surface area contributed by atoms with E-state index in [-0.39, 0.29) is 5.84 Å². The van der Waals surface area contributed by atoms with Crippen molar-refractivity contribution in [1.82, 2.24) is 5.32 Å². The van der Waals surface area contributed by atoms with Crippen molar-refractivity contribution in [2.45, 2.75) is 32.4 Å². The predicted molar refractivity (Wildman–Crippen MR) is 83.0 cm³/mol. The van der Waals surface area contributed by atoms with Crippen LogP contribution in [0.5, 0.6) is 11.5 Å². The fourth-order valence-electron chi connectivity index (χ4n) is 2.05. The third-order valence-corrected chi connectivity index (χ3v) is 2.97. The van der Waals surface area contributed by atoms with Crippen LogP contribution in [0.4, 0.5) is 4.79 Å². The Hall–Kier alpha value is -2.64. The molecule has 1 aliphatic rings. The maximum Gasteiger partial charge on any atom is 0.408 e. The number of alkyl carbamates (subject to hydrolysis) is 1. The molecule has 1 heterocycles. The van der Waals surface area contributed by atoms with E-state index in [0.717, 1.165) is 0 Å². The number of amides is 1. The normalized spacial score (nSPS) is 15.7. The molecule has 0 spiro atoms. The van der Waals surface area contributed by atoms with Gasteiger partial charge in [0.25, 0.3) is 0 Å². The van der Waals surface area contributed by atoms with Crippen molar-refractivity contribution < 1.29 is 24.2 Å². The molecule has 0 fully saturated rings. The Morgan fingerprint density at radius 3 is 2.61 bits per heavy atom. The highest BCUT2D eigenvalue weighted by Crippen LogP contribution is 2.32. The van der Waals surface area contributed by atoms with Crippen molar-refractivity contribution in [3.8, 4) is 11.5 Å². The Labute approximate surface area is 134 Å². The van der Waals surface area contributed by atoms with Gasteiger partial charge >= 0.3 is 6.09 Å². The molecule has 8 nitrogen and oxygen atoms in total. The lowest BCUT2D eigenvalue weighted by Gasteiger charge is -2.24. The van der Waals surface area contributed by atoms with E-state index >= 15 is 0 Å². The SMILES string of the molecule is CC(C)(C)OC(=O)NC(/C(N)=N/O)c1ccc2c(c1)OCCO2. The van der Waals surface area contributed by atoms with Crippen molar-refractivity contribution in [3.63, 3.8) is 0 Å². The van der Waals surface area contributed by atoms with Crippen LogP contribution < -0.4 is 20.5 Å². The van der Waals surface area contributed by atoms with Gasteiger partial charge in [0.15, 0.2) is 17.3 Å². The molecule has 0 aliphatic carbocycles. The molecular weight excluding hydrogens is 302 g/mol. The van der Waals surface area contributed by atoms with Gasteiger partial charge in [0.2, 0.25) is 0 Å². The average Bonchev–Trinajstić information content (AvgIpc) is 2.49. The maximum absolute atomic E-state index is 12.0. The van der Waals surface area contributed by atoms with E-state index < -0.39 is 17.7 Å². The number of carbonyl (C=O) groups excluding carboxylic acids is 1. The third kappa shape index (κ3) is 4.41. The first-order valence-corrected chi connectivity index (χ1v) is 7.16. The van der Waals surface area contributed by atoms with E-state index in [1.165, 1.54) is 0 Å². The zero-order valence-corrected chi connectivity index (χ0v) is 13.3. The second-order valence-electron chi connectivity index (χ2n) is 6.01. The molecule has 0 saturated carbocycles. The molecule has 8 heteroatoms. The number of carbonyl (C=O) groups is 1. The molecule has 0 saturated heterocycles. The summed E-state index contributed by atoms with van der Waals surface area (Å²) in [4.78, 5) is 12.0. The largest absolute Gasteiger partial charge is 0.486 e. The third-order valence-electron chi connectivity index (χ3n) is 2.97. The number of hydrogen-bond acceptors (Lipinski definition) is 6. The minimum atomic E-state index is -0.856. The molecule has 0 radical (unpaired) electrons. The highest BCUT2D eigenvalue weighted by Gasteiger charge is 2.25. The highest BCUT2D eigenvalue weighted by atomic mass is 16.6. The quantitative estimate of drug-likeness (QED) is 0.338. The molecule has 1 unspecified atom stereocenters. The molecule has 1 amide bonds. The van der Waals surface area contributed by atoms with Gasteiger partial charge in [0.05, 0.1) is 0 Å². The number of oxime groups is 1. The van der Waals surface area contributed by atoms with Gasteiger partial charge in [-0.2, -0.15) is 0 Å². The van der Waals surface area contributed by atoms with Crippen LogP contribution in [0.2, 0.25) is 0 Å². The first-order chi connectivity index (χ1) is 10.8. The predicted octanol–water partition coefficient (Wildman–Crippen LogP) is 1.77. The number of nitrogens with two attached hydrogens (primary N) is 1. The van der Waals surface area contributed by atoms with Gasteiger partial charge in [-0.1, -0.05) is 11.2 Å². The average molecular weight is 323 g/mol. The van der Waals surface area contributed by atoms with E-state index in [2.05, 4.69) is 10.5 Å². The van der Waals surface area contributed by atoms with Crippen LogP contribution in [0.3, 0.4) is 0 Å². The highest BCUT2D eigenvalue weighted by molar-refractivity contribution is 5.89. The lowest BCUT2D eigenvalue weighted by atomic mass is 10.1. The van der Waals surface area contributed by atoms with Crippen LogP contribution in [0, 0.1) is 0 Å². The summed E-state index contributed by atoms with van der Waals surface area (Å²) in [6.07, 6.45) is -0.677. The zero-order valence-electron chi connectivity index (χ0n) is 13.3. The maximum atomic E-state index is 12.0. The summed E-state index contributed by atoms with van der Waals surface area (Å²) in [5, 5.41) is 14.5. The van der Waals surface area contributed by atoms with Crippen molar-refractivity contribution in [3.05, 3.63) is 23.8 Å². The summed E-state index contributed by atoms with van der Waals surface area (Å²) in [6, 6.07) is 4.23. The summed E-state index contributed by atoms with van der Waals surface area (Å²) in [5.74, 6) is 0.971. The van der Waals surface area contributed by atoms with Gasteiger partial charge in [0.1, 0.15) is 24.9 Å². The van der Waals surface area contributed by atoms with Crippen LogP contribution in [0.1, 0.15) is 32.4 Å². The molecule has 0 aromatic heterocycles. The number of fused-ring (bicyclic) bond motifs is 1. The van der Waals surface area contributed by atoms with Crippen molar-refractivity contribution in [1.29, 1.82) is 0 Å². The van der Waals surface area contributed by atoms with Crippen LogP contribution in [-0.2, 0) is 4.74 Å². The number of benzene rings is 1. The molecule has 126 valence electrons. The minimum absolute atomic E-state index is 0.174. The van der Waals surface area contributed by atoms with Crippen LogP contribution in [0.25, 0.3) is 0 Å². The van der Waals surface area contributed by atoms with Crippen molar-refractivity contribution in [2.24, 2.45) is 10.9 Å². The standard InChI is InChI=1S/C15H21N3O5/c1-15(2,3)23-14(19)17-12(13(16)18-20)9-4-5-10-11(8-9)22-7-6-21-10/h4-5,8,12,20H,6-7H2,1-3H3,(H2,16,18)(H,17,19). The monoisotopic (exact) mass is 323 g/mol. The number of nitrogens with zero attached hydrogens (tertiary/aromatic N) is 1.